The lowest BCUT2D eigenvalue weighted by Crippen LogP contribution is -2.29. The Hall–Kier alpha value is -1.32. The number of hydrogen-bond donors (Lipinski definition) is 1. The zero-order valence-corrected chi connectivity index (χ0v) is 13.3. The molecule has 0 saturated heterocycles. The van der Waals surface area contributed by atoms with Crippen molar-refractivity contribution in [3.05, 3.63) is 11.9 Å². The van der Waals surface area contributed by atoms with Gasteiger partial charge >= 0.3 is 0 Å². The molecule has 0 radical (unpaired) electrons. The molecule has 1 aromatic heterocycles. The van der Waals surface area contributed by atoms with Gasteiger partial charge in [-0.25, -0.2) is 4.98 Å². The quantitative estimate of drug-likeness (QED) is 0.908. The first kappa shape index (κ1) is 15.1. The van der Waals surface area contributed by atoms with E-state index in [2.05, 4.69) is 43.0 Å². The summed E-state index contributed by atoms with van der Waals surface area (Å²) in [6.07, 6.45) is 3.84. The summed E-state index contributed by atoms with van der Waals surface area (Å²) >= 11 is 0. The molecule has 4 heteroatoms. The molecule has 1 fully saturated rings. The molecule has 1 heterocycles. The number of rotatable bonds is 4. The van der Waals surface area contributed by atoms with Crippen molar-refractivity contribution in [2.24, 2.45) is 11.8 Å². The Morgan fingerprint density at radius 3 is 2.35 bits per heavy atom. The van der Waals surface area contributed by atoms with Crippen LogP contribution in [0.1, 0.15) is 58.7 Å². The fraction of sp³-hybridized carbons (Fsp3) is 0.750. The van der Waals surface area contributed by atoms with E-state index >= 15 is 0 Å². The van der Waals surface area contributed by atoms with Crippen molar-refractivity contribution in [1.29, 1.82) is 0 Å². The van der Waals surface area contributed by atoms with Crippen LogP contribution in [0.15, 0.2) is 6.07 Å². The molecule has 0 bridgehead atoms. The van der Waals surface area contributed by atoms with Gasteiger partial charge in [0, 0.05) is 19.0 Å². The number of anilines is 1. The van der Waals surface area contributed by atoms with Gasteiger partial charge in [-0.3, -0.25) is 0 Å². The van der Waals surface area contributed by atoms with Gasteiger partial charge in [0.2, 0.25) is 5.88 Å². The maximum absolute atomic E-state index is 6.14. The largest absolute Gasteiger partial charge is 0.474 e. The minimum absolute atomic E-state index is 0.286. The molecule has 1 aliphatic carbocycles. The highest BCUT2D eigenvalue weighted by atomic mass is 16.5. The van der Waals surface area contributed by atoms with Crippen LogP contribution in [0.2, 0.25) is 0 Å². The SMILES string of the molecule is CNc1cc(OC2CC(C)CC(C)C2)nc(C(C)C)n1. The summed E-state index contributed by atoms with van der Waals surface area (Å²) in [5.41, 5.74) is 0. The lowest BCUT2D eigenvalue weighted by molar-refractivity contribution is 0.0963. The molecule has 1 N–H and O–H groups in total. The van der Waals surface area contributed by atoms with Crippen molar-refractivity contribution >= 4 is 5.82 Å². The van der Waals surface area contributed by atoms with Crippen LogP contribution in [-0.4, -0.2) is 23.1 Å². The van der Waals surface area contributed by atoms with Gasteiger partial charge in [-0.2, -0.15) is 4.98 Å². The number of ether oxygens (including phenoxy) is 1. The fourth-order valence-corrected chi connectivity index (χ4v) is 3.03. The number of nitrogens with one attached hydrogen (secondary N) is 1. The van der Waals surface area contributed by atoms with Crippen molar-refractivity contribution in [3.8, 4) is 5.88 Å². The van der Waals surface area contributed by atoms with Gasteiger partial charge in [-0.1, -0.05) is 27.7 Å². The van der Waals surface area contributed by atoms with Crippen LogP contribution in [0.25, 0.3) is 0 Å². The Morgan fingerprint density at radius 2 is 1.80 bits per heavy atom. The van der Waals surface area contributed by atoms with E-state index in [1.54, 1.807) is 0 Å². The van der Waals surface area contributed by atoms with Crippen LogP contribution in [0.3, 0.4) is 0 Å². The maximum Gasteiger partial charge on any atom is 0.219 e. The van der Waals surface area contributed by atoms with E-state index in [-0.39, 0.29) is 6.10 Å². The third-order valence-corrected chi connectivity index (χ3v) is 3.92. The van der Waals surface area contributed by atoms with Crippen molar-refractivity contribution in [1.82, 2.24) is 9.97 Å². The molecule has 0 spiro atoms. The van der Waals surface area contributed by atoms with Gasteiger partial charge < -0.3 is 10.1 Å². The Balaban J connectivity index is 2.13. The summed E-state index contributed by atoms with van der Waals surface area (Å²) in [5, 5.41) is 3.09. The molecular formula is C16H27N3O. The Morgan fingerprint density at radius 1 is 1.15 bits per heavy atom. The highest BCUT2D eigenvalue weighted by Crippen LogP contribution is 2.31. The fourth-order valence-electron chi connectivity index (χ4n) is 3.03. The number of nitrogens with zero attached hydrogens (tertiary/aromatic N) is 2. The average Bonchev–Trinajstić information content (AvgIpc) is 2.36. The van der Waals surface area contributed by atoms with E-state index in [1.807, 2.05) is 13.1 Å². The van der Waals surface area contributed by atoms with E-state index < -0.39 is 0 Å². The standard InChI is InChI=1S/C16H27N3O/c1-10(2)16-18-14(17-5)9-15(19-16)20-13-7-11(3)6-12(4)8-13/h9-13H,6-8H2,1-5H3,(H,17,18,19). The predicted octanol–water partition coefficient (Wildman–Crippen LogP) is 3.85. The van der Waals surface area contributed by atoms with E-state index in [1.165, 1.54) is 6.42 Å². The normalized spacial score (nSPS) is 26.6. The molecule has 0 amide bonds. The molecule has 1 aromatic rings. The van der Waals surface area contributed by atoms with Gasteiger partial charge in [-0.15, -0.1) is 0 Å². The Kier molecular flexibility index (Phi) is 4.84. The Labute approximate surface area is 122 Å². The molecule has 4 nitrogen and oxygen atoms in total. The van der Waals surface area contributed by atoms with Crippen molar-refractivity contribution in [3.63, 3.8) is 0 Å². The Bertz CT molecular complexity index is 437. The molecule has 1 saturated carbocycles. The minimum Gasteiger partial charge on any atom is -0.474 e. The highest BCUT2D eigenvalue weighted by molar-refractivity contribution is 5.38. The van der Waals surface area contributed by atoms with Gasteiger partial charge in [0.05, 0.1) is 0 Å². The minimum atomic E-state index is 0.286. The molecule has 2 rings (SSSR count). The molecule has 0 aliphatic heterocycles. The topological polar surface area (TPSA) is 47.0 Å². The molecule has 0 aromatic carbocycles. The monoisotopic (exact) mass is 277 g/mol. The van der Waals surface area contributed by atoms with Crippen LogP contribution in [0.4, 0.5) is 5.82 Å². The molecule has 112 valence electrons. The first-order valence-electron chi connectivity index (χ1n) is 7.71. The van der Waals surface area contributed by atoms with Gasteiger partial charge in [0.25, 0.3) is 0 Å². The summed E-state index contributed by atoms with van der Waals surface area (Å²) in [4.78, 5) is 9.02. The molecule has 2 unspecified atom stereocenters. The second kappa shape index (κ2) is 6.42. The van der Waals surface area contributed by atoms with Crippen molar-refractivity contribution < 1.29 is 4.74 Å². The van der Waals surface area contributed by atoms with E-state index in [0.29, 0.717) is 11.8 Å². The van der Waals surface area contributed by atoms with E-state index in [0.717, 1.165) is 36.3 Å². The summed E-state index contributed by atoms with van der Waals surface area (Å²) in [5.74, 6) is 4.14. The zero-order valence-electron chi connectivity index (χ0n) is 13.3. The lowest BCUT2D eigenvalue weighted by atomic mass is 9.82. The van der Waals surface area contributed by atoms with Crippen LogP contribution >= 0.6 is 0 Å². The molecular weight excluding hydrogens is 250 g/mol. The van der Waals surface area contributed by atoms with Crippen molar-refractivity contribution in [2.45, 2.75) is 59.0 Å². The summed E-state index contributed by atoms with van der Waals surface area (Å²) < 4.78 is 6.14. The van der Waals surface area contributed by atoms with Gasteiger partial charge in [0.1, 0.15) is 17.7 Å². The second-order valence-electron chi connectivity index (χ2n) is 6.51. The second-order valence-corrected chi connectivity index (χ2v) is 6.51. The van der Waals surface area contributed by atoms with Crippen LogP contribution in [-0.2, 0) is 0 Å². The lowest BCUT2D eigenvalue weighted by Gasteiger charge is -2.31. The first-order chi connectivity index (χ1) is 9.47. The van der Waals surface area contributed by atoms with E-state index in [9.17, 15) is 0 Å². The smallest absolute Gasteiger partial charge is 0.219 e. The van der Waals surface area contributed by atoms with E-state index in [4.69, 9.17) is 4.74 Å². The van der Waals surface area contributed by atoms with Crippen molar-refractivity contribution in [2.75, 3.05) is 12.4 Å². The average molecular weight is 277 g/mol. The number of hydrogen-bond acceptors (Lipinski definition) is 4. The highest BCUT2D eigenvalue weighted by Gasteiger charge is 2.25. The summed E-state index contributed by atoms with van der Waals surface area (Å²) in [6, 6.07) is 1.90. The first-order valence-corrected chi connectivity index (χ1v) is 7.71. The molecule has 2 atom stereocenters. The summed E-state index contributed by atoms with van der Waals surface area (Å²) in [7, 11) is 1.88. The van der Waals surface area contributed by atoms with Crippen LogP contribution in [0.5, 0.6) is 5.88 Å². The van der Waals surface area contributed by atoms with Crippen LogP contribution < -0.4 is 10.1 Å². The van der Waals surface area contributed by atoms with Gasteiger partial charge in [0.15, 0.2) is 0 Å². The third kappa shape index (κ3) is 3.84. The van der Waals surface area contributed by atoms with Crippen LogP contribution in [0, 0.1) is 11.8 Å². The summed E-state index contributed by atoms with van der Waals surface area (Å²) in [6.45, 7) is 8.82. The van der Waals surface area contributed by atoms with Gasteiger partial charge in [-0.05, 0) is 31.1 Å². The molecule has 1 aliphatic rings. The maximum atomic E-state index is 6.14. The molecule has 20 heavy (non-hydrogen) atoms. The zero-order chi connectivity index (χ0) is 14.7. The third-order valence-electron chi connectivity index (χ3n) is 3.92. The predicted molar refractivity (Wildman–Crippen MR) is 82.3 cm³/mol. The number of aromatic nitrogens is 2.